The SMILES string of the molecule is CCN(CCCNC(=NCC(=O)N(C)C)NC1CCCC1)c1ccccc1. The summed E-state index contributed by atoms with van der Waals surface area (Å²) in [5.74, 6) is 0.781. The fourth-order valence-corrected chi connectivity index (χ4v) is 3.29. The van der Waals surface area contributed by atoms with Crippen molar-refractivity contribution in [1.82, 2.24) is 15.5 Å². The first kappa shape index (κ1) is 21.1. The number of nitrogens with one attached hydrogen (secondary N) is 2. The monoisotopic (exact) mass is 373 g/mol. The Morgan fingerprint density at radius 3 is 2.52 bits per heavy atom. The molecule has 1 aliphatic carbocycles. The number of anilines is 1. The number of nitrogens with zero attached hydrogens (tertiary/aromatic N) is 3. The molecule has 0 atom stereocenters. The fraction of sp³-hybridized carbons (Fsp3) is 0.619. The van der Waals surface area contributed by atoms with Crippen LogP contribution < -0.4 is 15.5 Å². The lowest BCUT2D eigenvalue weighted by Crippen LogP contribution is -2.44. The van der Waals surface area contributed by atoms with Crippen LogP contribution >= 0.6 is 0 Å². The molecule has 0 aromatic heterocycles. The minimum atomic E-state index is 0.0174. The van der Waals surface area contributed by atoms with E-state index in [1.807, 2.05) is 6.07 Å². The molecular formula is C21H35N5O. The molecule has 150 valence electrons. The Morgan fingerprint density at radius 1 is 1.19 bits per heavy atom. The van der Waals surface area contributed by atoms with Crippen LogP contribution in [-0.2, 0) is 4.79 Å². The maximum absolute atomic E-state index is 11.9. The van der Waals surface area contributed by atoms with E-state index in [2.05, 4.69) is 51.7 Å². The highest BCUT2D eigenvalue weighted by molar-refractivity contribution is 5.84. The molecule has 1 fully saturated rings. The Balaban J connectivity index is 1.82. The van der Waals surface area contributed by atoms with Crippen LogP contribution in [0.1, 0.15) is 39.0 Å². The summed E-state index contributed by atoms with van der Waals surface area (Å²) in [6, 6.07) is 11.0. The summed E-state index contributed by atoms with van der Waals surface area (Å²) in [6.07, 6.45) is 5.91. The third kappa shape index (κ3) is 7.49. The zero-order valence-electron chi connectivity index (χ0n) is 17.1. The molecule has 2 N–H and O–H groups in total. The Hall–Kier alpha value is -2.24. The van der Waals surface area contributed by atoms with Gasteiger partial charge in [-0.2, -0.15) is 0 Å². The van der Waals surface area contributed by atoms with Gasteiger partial charge in [-0.15, -0.1) is 0 Å². The van der Waals surface area contributed by atoms with Crippen molar-refractivity contribution in [3.8, 4) is 0 Å². The van der Waals surface area contributed by atoms with Crippen molar-refractivity contribution >= 4 is 17.6 Å². The molecule has 1 saturated carbocycles. The molecule has 27 heavy (non-hydrogen) atoms. The van der Waals surface area contributed by atoms with Gasteiger partial charge >= 0.3 is 0 Å². The number of aliphatic imine (C=N–C) groups is 1. The van der Waals surface area contributed by atoms with Gasteiger partial charge in [0.05, 0.1) is 0 Å². The molecule has 0 unspecified atom stereocenters. The van der Waals surface area contributed by atoms with Crippen molar-refractivity contribution in [2.24, 2.45) is 4.99 Å². The molecular weight excluding hydrogens is 338 g/mol. The van der Waals surface area contributed by atoms with Crippen molar-refractivity contribution in [1.29, 1.82) is 0 Å². The maximum atomic E-state index is 11.9. The van der Waals surface area contributed by atoms with E-state index in [1.54, 1.807) is 19.0 Å². The topological polar surface area (TPSA) is 60.0 Å². The Bertz CT molecular complexity index is 581. The lowest BCUT2D eigenvalue weighted by Gasteiger charge is -2.23. The summed E-state index contributed by atoms with van der Waals surface area (Å²) in [7, 11) is 3.52. The van der Waals surface area contributed by atoms with Crippen LogP contribution in [0.15, 0.2) is 35.3 Å². The van der Waals surface area contributed by atoms with E-state index in [0.717, 1.165) is 32.0 Å². The first-order chi connectivity index (χ1) is 13.1. The number of para-hydroxylation sites is 1. The first-order valence-corrected chi connectivity index (χ1v) is 10.1. The second-order valence-electron chi connectivity index (χ2n) is 7.27. The van der Waals surface area contributed by atoms with E-state index < -0.39 is 0 Å². The van der Waals surface area contributed by atoms with Crippen LogP contribution in [0.5, 0.6) is 0 Å². The quantitative estimate of drug-likeness (QED) is 0.397. The first-order valence-electron chi connectivity index (χ1n) is 10.1. The molecule has 0 aliphatic heterocycles. The molecule has 6 heteroatoms. The van der Waals surface area contributed by atoms with Gasteiger partial charge in [0.2, 0.25) is 5.91 Å². The molecule has 2 rings (SSSR count). The predicted molar refractivity (Wildman–Crippen MR) is 113 cm³/mol. The maximum Gasteiger partial charge on any atom is 0.243 e. The van der Waals surface area contributed by atoms with E-state index in [-0.39, 0.29) is 12.5 Å². The number of benzene rings is 1. The number of carbonyl (C=O) groups excluding carboxylic acids is 1. The molecule has 0 heterocycles. The molecule has 6 nitrogen and oxygen atoms in total. The zero-order chi connectivity index (χ0) is 19.5. The van der Waals surface area contributed by atoms with Crippen molar-refractivity contribution in [2.75, 3.05) is 45.2 Å². The lowest BCUT2D eigenvalue weighted by molar-refractivity contribution is -0.127. The van der Waals surface area contributed by atoms with E-state index in [0.29, 0.717) is 6.04 Å². The number of carbonyl (C=O) groups is 1. The number of amides is 1. The summed E-state index contributed by atoms with van der Waals surface area (Å²) in [4.78, 5) is 20.3. The van der Waals surface area contributed by atoms with Crippen molar-refractivity contribution in [2.45, 2.75) is 45.1 Å². The van der Waals surface area contributed by atoms with Crippen LogP contribution in [0, 0.1) is 0 Å². The second-order valence-corrected chi connectivity index (χ2v) is 7.27. The van der Waals surface area contributed by atoms with E-state index in [4.69, 9.17) is 0 Å². The standard InChI is InChI=1S/C21H35N5O/c1-4-26(19-13-6-5-7-14-19)16-10-15-22-21(23-17-20(27)25(2)3)24-18-11-8-9-12-18/h5-7,13-14,18H,4,8-12,15-17H2,1-3H3,(H2,22,23,24). The highest BCUT2D eigenvalue weighted by atomic mass is 16.2. The van der Waals surface area contributed by atoms with Crippen LogP contribution in [0.3, 0.4) is 0 Å². The average molecular weight is 374 g/mol. The summed E-state index contributed by atoms with van der Waals surface area (Å²) >= 11 is 0. The number of likely N-dealkylation sites (N-methyl/N-ethyl adjacent to an activating group) is 1. The van der Waals surface area contributed by atoms with E-state index >= 15 is 0 Å². The normalized spacial score (nSPS) is 14.9. The van der Waals surface area contributed by atoms with E-state index in [9.17, 15) is 4.79 Å². The fourth-order valence-electron chi connectivity index (χ4n) is 3.29. The van der Waals surface area contributed by atoms with Gasteiger partial charge in [0.25, 0.3) is 0 Å². The molecule has 0 radical (unpaired) electrons. The van der Waals surface area contributed by atoms with Gasteiger partial charge in [-0.3, -0.25) is 4.79 Å². The second kappa shape index (κ2) is 11.5. The van der Waals surface area contributed by atoms with Gasteiger partial charge in [-0.1, -0.05) is 31.0 Å². The smallest absolute Gasteiger partial charge is 0.243 e. The van der Waals surface area contributed by atoms with Crippen LogP contribution in [-0.4, -0.2) is 63.1 Å². The Kier molecular flexibility index (Phi) is 8.95. The van der Waals surface area contributed by atoms with E-state index in [1.165, 1.54) is 31.4 Å². The zero-order valence-corrected chi connectivity index (χ0v) is 17.1. The minimum absolute atomic E-state index is 0.0174. The van der Waals surface area contributed by atoms with Gasteiger partial charge < -0.3 is 20.4 Å². The lowest BCUT2D eigenvalue weighted by atomic mass is 10.2. The number of hydrogen-bond acceptors (Lipinski definition) is 3. The molecule has 1 aliphatic rings. The molecule has 0 saturated heterocycles. The summed E-state index contributed by atoms with van der Waals surface area (Å²) in [5, 5.41) is 6.91. The van der Waals surface area contributed by atoms with Crippen LogP contribution in [0.2, 0.25) is 0 Å². The number of hydrogen-bond donors (Lipinski definition) is 2. The Morgan fingerprint density at radius 2 is 1.89 bits per heavy atom. The van der Waals surface area contributed by atoms with Crippen LogP contribution in [0.4, 0.5) is 5.69 Å². The predicted octanol–water partition coefficient (Wildman–Crippen LogP) is 2.47. The van der Waals surface area contributed by atoms with Gasteiger partial charge in [-0.05, 0) is 38.3 Å². The van der Waals surface area contributed by atoms with Gasteiger partial charge in [0.1, 0.15) is 6.54 Å². The molecule has 1 amide bonds. The van der Waals surface area contributed by atoms with Crippen molar-refractivity contribution in [3.05, 3.63) is 30.3 Å². The molecule has 1 aromatic rings. The highest BCUT2D eigenvalue weighted by Gasteiger charge is 2.16. The van der Waals surface area contributed by atoms with Crippen molar-refractivity contribution in [3.63, 3.8) is 0 Å². The van der Waals surface area contributed by atoms with Crippen LogP contribution in [0.25, 0.3) is 0 Å². The van der Waals surface area contributed by atoms with Gasteiger partial charge in [0, 0.05) is 45.5 Å². The average Bonchev–Trinajstić information content (AvgIpc) is 3.19. The third-order valence-electron chi connectivity index (χ3n) is 4.97. The molecule has 0 spiro atoms. The van der Waals surface area contributed by atoms with Gasteiger partial charge in [-0.25, -0.2) is 4.99 Å². The van der Waals surface area contributed by atoms with Crippen molar-refractivity contribution < 1.29 is 4.79 Å². The number of rotatable bonds is 9. The molecule has 0 bridgehead atoms. The highest BCUT2D eigenvalue weighted by Crippen LogP contribution is 2.17. The molecule has 1 aromatic carbocycles. The summed E-state index contributed by atoms with van der Waals surface area (Å²) in [5.41, 5.74) is 1.26. The summed E-state index contributed by atoms with van der Waals surface area (Å²) in [6.45, 7) is 5.17. The largest absolute Gasteiger partial charge is 0.372 e. The Labute approximate surface area is 164 Å². The van der Waals surface area contributed by atoms with Gasteiger partial charge in [0.15, 0.2) is 5.96 Å². The third-order valence-corrected chi connectivity index (χ3v) is 4.97. The number of guanidine groups is 1. The minimum Gasteiger partial charge on any atom is -0.372 e. The summed E-state index contributed by atoms with van der Waals surface area (Å²) < 4.78 is 0.